The van der Waals surface area contributed by atoms with Gasteiger partial charge in [0.1, 0.15) is 5.78 Å². The first kappa shape index (κ1) is 10.8. The molecule has 90 valence electrons. The van der Waals surface area contributed by atoms with E-state index in [4.69, 9.17) is 4.74 Å². The fourth-order valence-electron chi connectivity index (χ4n) is 3.95. The molecule has 2 nitrogen and oxygen atoms in total. The number of epoxide rings is 1. The van der Waals surface area contributed by atoms with Crippen molar-refractivity contribution < 1.29 is 9.53 Å². The molecule has 3 fully saturated rings. The summed E-state index contributed by atoms with van der Waals surface area (Å²) in [4.78, 5) is 12.1. The highest BCUT2D eigenvalue weighted by Gasteiger charge is 2.56. The molecule has 0 spiro atoms. The topological polar surface area (TPSA) is 29.6 Å². The third-order valence-electron chi connectivity index (χ3n) is 5.29. The van der Waals surface area contributed by atoms with E-state index in [0.29, 0.717) is 29.1 Å². The number of Topliss-reactive ketones (excluding diaryl/α,β-unsaturated/α-hetero) is 1. The lowest BCUT2D eigenvalue weighted by atomic mass is 9.53. The van der Waals surface area contributed by atoms with Gasteiger partial charge in [-0.25, -0.2) is 0 Å². The van der Waals surface area contributed by atoms with E-state index in [-0.39, 0.29) is 5.60 Å². The van der Waals surface area contributed by atoms with Crippen molar-refractivity contribution in [3.8, 4) is 0 Å². The molecular formula is C14H22O2. The maximum absolute atomic E-state index is 12.1. The van der Waals surface area contributed by atoms with Crippen molar-refractivity contribution in [2.24, 2.45) is 17.3 Å². The Bertz CT molecular complexity index is 334. The molecule has 2 heteroatoms. The highest BCUT2D eigenvalue weighted by atomic mass is 16.6. The zero-order valence-electron chi connectivity index (χ0n) is 10.6. The van der Waals surface area contributed by atoms with Crippen molar-refractivity contribution in [2.45, 2.75) is 64.6 Å². The molecule has 0 aromatic heterocycles. The van der Waals surface area contributed by atoms with Crippen molar-refractivity contribution in [3.05, 3.63) is 0 Å². The van der Waals surface area contributed by atoms with Crippen LogP contribution in [0.2, 0.25) is 0 Å². The Morgan fingerprint density at radius 3 is 2.69 bits per heavy atom. The first-order valence-electron chi connectivity index (χ1n) is 6.63. The molecule has 2 saturated carbocycles. The molecule has 1 saturated heterocycles. The summed E-state index contributed by atoms with van der Waals surface area (Å²) in [6.45, 7) is 6.84. The van der Waals surface area contributed by atoms with Crippen molar-refractivity contribution in [2.75, 3.05) is 0 Å². The first-order valence-corrected chi connectivity index (χ1v) is 6.63. The van der Waals surface area contributed by atoms with Gasteiger partial charge in [-0.1, -0.05) is 13.8 Å². The van der Waals surface area contributed by atoms with E-state index in [9.17, 15) is 4.79 Å². The second-order valence-electron chi connectivity index (χ2n) is 6.87. The van der Waals surface area contributed by atoms with Crippen LogP contribution in [0.25, 0.3) is 0 Å². The van der Waals surface area contributed by atoms with Crippen LogP contribution in [0.1, 0.15) is 52.9 Å². The zero-order valence-corrected chi connectivity index (χ0v) is 10.6. The van der Waals surface area contributed by atoms with Crippen LogP contribution in [-0.4, -0.2) is 17.5 Å². The summed E-state index contributed by atoms with van der Waals surface area (Å²) in [5.74, 6) is 1.49. The number of ketones is 1. The molecule has 1 heterocycles. The Hall–Kier alpha value is -0.370. The third-order valence-corrected chi connectivity index (χ3v) is 5.29. The SMILES string of the molecule is CC1(C)CC2C(=O)CCC3O[C@]3(C)CCC21. The second kappa shape index (κ2) is 3.10. The summed E-state index contributed by atoms with van der Waals surface area (Å²) in [6, 6.07) is 0. The van der Waals surface area contributed by atoms with E-state index in [0.717, 1.165) is 25.7 Å². The lowest BCUT2D eigenvalue weighted by Gasteiger charge is -2.51. The van der Waals surface area contributed by atoms with Gasteiger partial charge >= 0.3 is 0 Å². The predicted octanol–water partition coefficient (Wildman–Crippen LogP) is 2.95. The monoisotopic (exact) mass is 222 g/mol. The zero-order chi connectivity index (χ0) is 11.6. The van der Waals surface area contributed by atoms with E-state index in [1.807, 2.05) is 0 Å². The van der Waals surface area contributed by atoms with Gasteiger partial charge in [0.25, 0.3) is 0 Å². The molecule has 0 aromatic carbocycles. The van der Waals surface area contributed by atoms with Gasteiger partial charge in [0, 0.05) is 12.3 Å². The van der Waals surface area contributed by atoms with E-state index in [2.05, 4.69) is 20.8 Å². The number of fused-ring (bicyclic) bond motifs is 2. The molecule has 0 radical (unpaired) electrons. The Morgan fingerprint density at radius 2 is 2.00 bits per heavy atom. The number of hydrogen-bond acceptors (Lipinski definition) is 2. The molecule has 2 aliphatic carbocycles. The first-order chi connectivity index (χ1) is 7.42. The normalized spacial score (nSPS) is 50.2. The van der Waals surface area contributed by atoms with Gasteiger partial charge in [-0.05, 0) is 43.9 Å². The maximum atomic E-state index is 12.1. The second-order valence-corrected chi connectivity index (χ2v) is 6.87. The van der Waals surface area contributed by atoms with Gasteiger partial charge in [0.2, 0.25) is 0 Å². The average Bonchev–Trinajstić information content (AvgIpc) is 2.82. The highest BCUT2D eigenvalue weighted by Crippen LogP contribution is 2.57. The summed E-state index contributed by atoms with van der Waals surface area (Å²) in [6.07, 6.45) is 5.51. The Kier molecular flexibility index (Phi) is 2.08. The molecule has 0 amide bonds. The van der Waals surface area contributed by atoms with Gasteiger partial charge in [-0.15, -0.1) is 0 Å². The summed E-state index contributed by atoms with van der Waals surface area (Å²) in [5.41, 5.74) is 0.492. The van der Waals surface area contributed by atoms with Gasteiger partial charge in [-0.2, -0.15) is 0 Å². The predicted molar refractivity (Wildman–Crippen MR) is 62.1 cm³/mol. The minimum Gasteiger partial charge on any atom is -0.366 e. The number of carbonyl (C=O) groups excluding carboxylic acids is 1. The maximum Gasteiger partial charge on any atom is 0.136 e. The van der Waals surface area contributed by atoms with E-state index >= 15 is 0 Å². The molecule has 0 N–H and O–H groups in total. The standard InChI is InChI=1S/C14H22O2/c1-13(2)8-9-10(13)6-7-14(3)12(16-14)5-4-11(9)15/h9-10,12H,4-8H2,1-3H3/t9?,10?,12?,14-/m1/s1. The Labute approximate surface area is 97.7 Å². The van der Waals surface area contributed by atoms with Crippen LogP contribution in [0.15, 0.2) is 0 Å². The molecule has 1 aliphatic heterocycles. The highest BCUT2D eigenvalue weighted by molar-refractivity contribution is 5.82. The van der Waals surface area contributed by atoms with Crippen LogP contribution >= 0.6 is 0 Å². The molecule has 4 atom stereocenters. The summed E-state index contributed by atoms with van der Waals surface area (Å²) < 4.78 is 5.75. The Balaban J connectivity index is 1.78. The lowest BCUT2D eigenvalue weighted by molar-refractivity contribution is -0.137. The van der Waals surface area contributed by atoms with Crippen LogP contribution in [0.5, 0.6) is 0 Å². The smallest absolute Gasteiger partial charge is 0.136 e. The number of rotatable bonds is 0. The van der Waals surface area contributed by atoms with Gasteiger partial charge < -0.3 is 4.74 Å². The average molecular weight is 222 g/mol. The van der Waals surface area contributed by atoms with Crippen LogP contribution in [0, 0.1) is 17.3 Å². The summed E-state index contributed by atoms with van der Waals surface area (Å²) in [7, 11) is 0. The van der Waals surface area contributed by atoms with Gasteiger partial charge in [0.15, 0.2) is 0 Å². The fourth-order valence-corrected chi connectivity index (χ4v) is 3.95. The number of carbonyl (C=O) groups is 1. The van der Waals surface area contributed by atoms with E-state index in [1.54, 1.807) is 0 Å². The van der Waals surface area contributed by atoms with Gasteiger partial charge in [-0.3, -0.25) is 4.79 Å². The molecule has 3 unspecified atom stereocenters. The van der Waals surface area contributed by atoms with E-state index in [1.165, 1.54) is 6.42 Å². The van der Waals surface area contributed by atoms with Crippen LogP contribution in [-0.2, 0) is 9.53 Å². The van der Waals surface area contributed by atoms with Crippen LogP contribution in [0.3, 0.4) is 0 Å². The van der Waals surface area contributed by atoms with Crippen molar-refractivity contribution in [1.29, 1.82) is 0 Å². The molecule has 0 bridgehead atoms. The number of hydrogen-bond donors (Lipinski definition) is 0. The lowest BCUT2D eigenvalue weighted by Crippen LogP contribution is -2.47. The molecule has 16 heavy (non-hydrogen) atoms. The van der Waals surface area contributed by atoms with Crippen molar-refractivity contribution >= 4 is 5.78 Å². The molecule has 3 rings (SSSR count). The summed E-state index contributed by atoms with van der Waals surface area (Å²) in [5, 5.41) is 0. The largest absolute Gasteiger partial charge is 0.366 e. The molecule has 0 aromatic rings. The summed E-state index contributed by atoms with van der Waals surface area (Å²) >= 11 is 0. The van der Waals surface area contributed by atoms with Crippen LogP contribution < -0.4 is 0 Å². The minimum absolute atomic E-state index is 0.112. The van der Waals surface area contributed by atoms with Crippen molar-refractivity contribution in [3.63, 3.8) is 0 Å². The fraction of sp³-hybridized carbons (Fsp3) is 0.929. The minimum atomic E-state index is 0.112. The quantitative estimate of drug-likeness (QED) is 0.590. The van der Waals surface area contributed by atoms with Crippen molar-refractivity contribution in [1.82, 2.24) is 0 Å². The molecule has 3 aliphatic rings. The van der Waals surface area contributed by atoms with E-state index < -0.39 is 0 Å². The Morgan fingerprint density at radius 1 is 1.25 bits per heavy atom. The van der Waals surface area contributed by atoms with Crippen LogP contribution in [0.4, 0.5) is 0 Å². The third kappa shape index (κ3) is 1.46. The number of ether oxygens (including phenoxy) is 1. The molecular weight excluding hydrogens is 200 g/mol. The van der Waals surface area contributed by atoms with Gasteiger partial charge in [0.05, 0.1) is 11.7 Å².